The van der Waals surface area contributed by atoms with Crippen LogP contribution >= 0.6 is 27.5 Å². The van der Waals surface area contributed by atoms with Crippen molar-refractivity contribution in [2.75, 3.05) is 17.3 Å². The van der Waals surface area contributed by atoms with Crippen molar-refractivity contribution in [3.05, 3.63) is 21.9 Å². The third-order valence-corrected chi connectivity index (χ3v) is 4.00. The minimum atomic E-state index is -2.98. The summed E-state index contributed by atoms with van der Waals surface area (Å²) in [4.78, 5) is 3.93. The highest BCUT2D eigenvalue weighted by Gasteiger charge is 2.10. The van der Waals surface area contributed by atoms with Crippen LogP contribution in [0, 0.1) is 0 Å². The first kappa shape index (κ1) is 13.7. The second kappa shape index (κ2) is 5.33. The second-order valence-corrected chi connectivity index (χ2v) is 7.03. The van der Waals surface area contributed by atoms with Crippen LogP contribution in [-0.4, -0.2) is 31.5 Å². The minimum Gasteiger partial charge on any atom is -0.380 e. The Balaban J connectivity index is 2.70. The molecule has 1 rings (SSSR count). The summed E-state index contributed by atoms with van der Waals surface area (Å²) in [5.74, 6) is 0.0766. The molecule has 0 aromatic carbocycles. The van der Waals surface area contributed by atoms with Crippen molar-refractivity contribution in [3.63, 3.8) is 0 Å². The number of halogens is 2. The van der Waals surface area contributed by atoms with Crippen LogP contribution in [0.3, 0.4) is 0 Å². The molecule has 0 saturated carbocycles. The fourth-order valence-electron chi connectivity index (χ4n) is 1.28. The van der Waals surface area contributed by atoms with E-state index in [9.17, 15) is 8.42 Å². The van der Waals surface area contributed by atoms with Crippen molar-refractivity contribution in [1.29, 1.82) is 0 Å². The van der Waals surface area contributed by atoms with E-state index < -0.39 is 9.84 Å². The van der Waals surface area contributed by atoms with Gasteiger partial charge in [-0.2, -0.15) is 0 Å². The van der Waals surface area contributed by atoms with Gasteiger partial charge in [-0.25, -0.2) is 13.4 Å². The Labute approximate surface area is 108 Å². The SMILES string of the molecule is CC(CS(C)(=O)=O)Nc1cnc(Cl)c(Br)c1. The van der Waals surface area contributed by atoms with Crippen LogP contribution in [-0.2, 0) is 9.84 Å². The number of anilines is 1. The Hall–Kier alpha value is -0.330. The lowest BCUT2D eigenvalue weighted by molar-refractivity contribution is 0.598. The second-order valence-electron chi connectivity index (χ2n) is 3.63. The minimum absolute atomic E-state index is 0.0766. The van der Waals surface area contributed by atoms with Crippen LogP contribution in [0.5, 0.6) is 0 Å². The molecule has 0 bridgehead atoms. The zero-order valence-electron chi connectivity index (χ0n) is 8.87. The molecule has 0 amide bonds. The Morgan fingerprint density at radius 1 is 1.62 bits per heavy atom. The molecule has 1 N–H and O–H groups in total. The molecule has 0 radical (unpaired) electrons. The van der Waals surface area contributed by atoms with E-state index in [0.29, 0.717) is 9.63 Å². The normalized spacial score (nSPS) is 13.5. The van der Waals surface area contributed by atoms with Gasteiger partial charge >= 0.3 is 0 Å². The summed E-state index contributed by atoms with van der Waals surface area (Å²) in [5, 5.41) is 3.41. The highest BCUT2D eigenvalue weighted by molar-refractivity contribution is 9.10. The molecule has 90 valence electrons. The smallest absolute Gasteiger partial charge is 0.149 e. The van der Waals surface area contributed by atoms with Crippen LogP contribution in [0.25, 0.3) is 0 Å². The average Bonchev–Trinajstić information content (AvgIpc) is 2.08. The van der Waals surface area contributed by atoms with E-state index in [0.717, 1.165) is 5.69 Å². The quantitative estimate of drug-likeness (QED) is 0.862. The summed E-state index contributed by atoms with van der Waals surface area (Å²) in [7, 11) is -2.98. The number of nitrogens with zero attached hydrogens (tertiary/aromatic N) is 1. The molecule has 0 spiro atoms. The molecular formula is C9H12BrClN2O2S. The third-order valence-electron chi connectivity index (χ3n) is 1.76. The van der Waals surface area contributed by atoms with Crippen molar-refractivity contribution >= 4 is 43.1 Å². The number of rotatable bonds is 4. The predicted molar refractivity (Wildman–Crippen MR) is 69.7 cm³/mol. The molecule has 1 aromatic rings. The molecule has 1 unspecified atom stereocenters. The van der Waals surface area contributed by atoms with Gasteiger partial charge in [-0.05, 0) is 28.9 Å². The molecule has 1 atom stereocenters. The average molecular weight is 328 g/mol. The van der Waals surface area contributed by atoms with Crippen LogP contribution in [0.15, 0.2) is 16.7 Å². The first-order valence-electron chi connectivity index (χ1n) is 4.53. The zero-order chi connectivity index (χ0) is 12.3. The summed E-state index contributed by atoms with van der Waals surface area (Å²) in [6, 6.07) is 1.58. The van der Waals surface area contributed by atoms with Crippen molar-refractivity contribution in [2.45, 2.75) is 13.0 Å². The topological polar surface area (TPSA) is 59.1 Å². The molecule has 1 aromatic heterocycles. The van der Waals surface area contributed by atoms with Gasteiger partial charge in [0, 0.05) is 12.3 Å². The first-order valence-corrected chi connectivity index (χ1v) is 7.76. The molecule has 0 saturated heterocycles. The van der Waals surface area contributed by atoms with Gasteiger partial charge in [0.25, 0.3) is 0 Å². The fourth-order valence-corrected chi connectivity index (χ4v) is 2.72. The molecule has 16 heavy (non-hydrogen) atoms. The molecule has 7 heteroatoms. The van der Waals surface area contributed by atoms with Crippen molar-refractivity contribution in [3.8, 4) is 0 Å². The van der Waals surface area contributed by atoms with Gasteiger partial charge in [0.1, 0.15) is 15.0 Å². The number of hydrogen-bond donors (Lipinski definition) is 1. The summed E-state index contributed by atoms with van der Waals surface area (Å²) >= 11 is 8.99. The van der Waals surface area contributed by atoms with E-state index in [4.69, 9.17) is 11.6 Å². The summed E-state index contributed by atoms with van der Waals surface area (Å²) < 4.78 is 22.8. The Morgan fingerprint density at radius 2 is 2.25 bits per heavy atom. The number of pyridine rings is 1. The number of aromatic nitrogens is 1. The molecular weight excluding hydrogens is 316 g/mol. The van der Waals surface area contributed by atoms with E-state index in [1.165, 1.54) is 6.26 Å². The largest absolute Gasteiger partial charge is 0.380 e. The lowest BCUT2D eigenvalue weighted by Crippen LogP contribution is -2.25. The molecule has 0 aliphatic rings. The molecule has 4 nitrogen and oxygen atoms in total. The lowest BCUT2D eigenvalue weighted by Gasteiger charge is -2.14. The highest BCUT2D eigenvalue weighted by Crippen LogP contribution is 2.23. The van der Waals surface area contributed by atoms with Crippen LogP contribution in [0.4, 0.5) is 5.69 Å². The number of nitrogens with one attached hydrogen (secondary N) is 1. The van der Waals surface area contributed by atoms with Crippen LogP contribution in [0.2, 0.25) is 5.15 Å². The Bertz CT molecular complexity index is 478. The van der Waals surface area contributed by atoms with Gasteiger partial charge in [-0.3, -0.25) is 0 Å². The number of sulfone groups is 1. The van der Waals surface area contributed by atoms with E-state index >= 15 is 0 Å². The van der Waals surface area contributed by atoms with Gasteiger partial charge in [0.05, 0.1) is 22.1 Å². The summed E-state index contributed by atoms with van der Waals surface area (Å²) in [6.45, 7) is 1.80. The highest BCUT2D eigenvalue weighted by atomic mass is 79.9. The van der Waals surface area contributed by atoms with Gasteiger partial charge in [0.15, 0.2) is 0 Å². The van der Waals surface area contributed by atoms with Crippen molar-refractivity contribution in [1.82, 2.24) is 4.98 Å². The first-order chi connectivity index (χ1) is 7.28. The zero-order valence-corrected chi connectivity index (χ0v) is 12.0. The lowest BCUT2D eigenvalue weighted by atomic mass is 10.3. The van der Waals surface area contributed by atoms with Gasteiger partial charge in [0.2, 0.25) is 0 Å². The van der Waals surface area contributed by atoms with Crippen molar-refractivity contribution < 1.29 is 8.42 Å². The van der Waals surface area contributed by atoms with Crippen LogP contribution in [0.1, 0.15) is 6.92 Å². The van der Waals surface area contributed by atoms with Crippen molar-refractivity contribution in [2.24, 2.45) is 0 Å². The monoisotopic (exact) mass is 326 g/mol. The molecule has 0 aliphatic heterocycles. The standard InChI is InChI=1S/C9H12BrClN2O2S/c1-6(5-16(2,14)15)13-7-3-8(10)9(11)12-4-7/h3-4,6,13H,5H2,1-2H3. The van der Waals surface area contributed by atoms with E-state index in [-0.39, 0.29) is 11.8 Å². The van der Waals surface area contributed by atoms with E-state index in [2.05, 4.69) is 26.2 Å². The third kappa shape index (κ3) is 4.67. The molecule has 1 heterocycles. The van der Waals surface area contributed by atoms with Gasteiger partial charge < -0.3 is 5.32 Å². The maximum absolute atomic E-state index is 11.1. The summed E-state index contributed by atoms with van der Waals surface area (Å²) in [5.41, 5.74) is 0.729. The fraction of sp³-hybridized carbons (Fsp3) is 0.444. The maximum atomic E-state index is 11.1. The van der Waals surface area contributed by atoms with Crippen LogP contribution < -0.4 is 5.32 Å². The van der Waals surface area contributed by atoms with Gasteiger partial charge in [-0.15, -0.1) is 0 Å². The van der Waals surface area contributed by atoms with E-state index in [1.54, 1.807) is 19.2 Å². The Morgan fingerprint density at radius 3 is 2.75 bits per heavy atom. The maximum Gasteiger partial charge on any atom is 0.149 e. The molecule has 0 aliphatic carbocycles. The summed E-state index contributed by atoms with van der Waals surface area (Å²) in [6.07, 6.45) is 2.77. The van der Waals surface area contributed by atoms with Gasteiger partial charge in [-0.1, -0.05) is 11.6 Å². The number of hydrogen-bond acceptors (Lipinski definition) is 4. The van der Waals surface area contributed by atoms with E-state index in [1.807, 2.05) is 0 Å². The molecule has 0 fully saturated rings. The Kier molecular flexibility index (Phi) is 4.58. The predicted octanol–water partition coefficient (Wildman–Crippen LogP) is 2.34.